The Bertz CT molecular complexity index is 619. The van der Waals surface area contributed by atoms with E-state index in [0.29, 0.717) is 5.02 Å². The molecule has 0 fully saturated rings. The fraction of sp³-hybridized carbons (Fsp3) is 0.250. The molecule has 106 valence electrons. The molecule has 1 N–H and O–H groups in total. The summed E-state index contributed by atoms with van der Waals surface area (Å²) < 4.78 is 14.1. The molecule has 4 heteroatoms. The van der Waals surface area contributed by atoms with E-state index in [1.54, 1.807) is 6.07 Å². The molecule has 0 spiro atoms. The van der Waals surface area contributed by atoms with Crippen molar-refractivity contribution in [2.45, 2.75) is 26.8 Å². The van der Waals surface area contributed by atoms with Crippen LogP contribution in [-0.4, -0.2) is 0 Å². The molecular formula is C16H16BrClFN. The second-order valence-corrected chi connectivity index (χ2v) is 6.23. The lowest BCUT2D eigenvalue weighted by Crippen LogP contribution is -2.09. The van der Waals surface area contributed by atoms with Crippen molar-refractivity contribution < 1.29 is 4.39 Å². The third-order valence-electron chi connectivity index (χ3n) is 3.22. The van der Waals surface area contributed by atoms with Crippen molar-refractivity contribution in [3.8, 4) is 0 Å². The van der Waals surface area contributed by atoms with E-state index >= 15 is 0 Å². The molecule has 0 saturated heterocycles. The maximum Gasteiger partial charge on any atom is 0.124 e. The Morgan fingerprint density at radius 3 is 2.50 bits per heavy atom. The van der Waals surface area contributed by atoms with Crippen LogP contribution in [0.4, 0.5) is 10.1 Å². The minimum absolute atomic E-state index is 0.0131. The van der Waals surface area contributed by atoms with Crippen LogP contribution in [0.3, 0.4) is 0 Å². The standard InChI is InChI=1S/C16H16BrClFN/c1-9-6-10(2)16(14(17)7-9)20-11(3)13-5-4-12(19)8-15(13)18/h4-8,11,20H,1-3H3. The van der Waals surface area contributed by atoms with E-state index in [9.17, 15) is 4.39 Å². The summed E-state index contributed by atoms with van der Waals surface area (Å²) in [7, 11) is 0. The Balaban J connectivity index is 2.30. The third kappa shape index (κ3) is 3.33. The molecule has 1 unspecified atom stereocenters. The van der Waals surface area contributed by atoms with Crippen molar-refractivity contribution in [1.29, 1.82) is 0 Å². The molecule has 0 aliphatic carbocycles. The molecule has 2 rings (SSSR count). The van der Waals surface area contributed by atoms with Crippen LogP contribution in [0.15, 0.2) is 34.8 Å². The lowest BCUT2D eigenvalue weighted by Gasteiger charge is -2.20. The molecule has 0 amide bonds. The van der Waals surface area contributed by atoms with Gasteiger partial charge in [0.2, 0.25) is 0 Å². The Hall–Kier alpha value is -1.06. The highest BCUT2D eigenvalue weighted by molar-refractivity contribution is 9.10. The van der Waals surface area contributed by atoms with Crippen molar-refractivity contribution >= 4 is 33.2 Å². The fourth-order valence-corrected chi connectivity index (χ4v) is 3.36. The van der Waals surface area contributed by atoms with Gasteiger partial charge in [-0.1, -0.05) is 23.7 Å². The Morgan fingerprint density at radius 1 is 1.20 bits per heavy atom. The highest BCUT2D eigenvalue weighted by atomic mass is 79.9. The summed E-state index contributed by atoms with van der Waals surface area (Å²) in [6.45, 7) is 6.12. The third-order valence-corrected chi connectivity index (χ3v) is 4.17. The molecule has 20 heavy (non-hydrogen) atoms. The zero-order valence-electron chi connectivity index (χ0n) is 11.6. The van der Waals surface area contributed by atoms with E-state index in [-0.39, 0.29) is 11.9 Å². The van der Waals surface area contributed by atoms with E-state index in [0.717, 1.165) is 21.3 Å². The molecule has 1 nitrogen and oxygen atoms in total. The van der Waals surface area contributed by atoms with Gasteiger partial charge < -0.3 is 5.32 Å². The first-order valence-electron chi connectivity index (χ1n) is 6.36. The minimum atomic E-state index is -0.321. The summed E-state index contributed by atoms with van der Waals surface area (Å²) in [5, 5.41) is 3.86. The second kappa shape index (κ2) is 6.15. The number of anilines is 1. The average Bonchev–Trinajstić information content (AvgIpc) is 2.33. The van der Waals surface area contributed by atoms with Gasteiger partial charge in [-0.15, -0.1) is 0 Å². The van der Waals surface area contributed by atoms with Gasteiger partial charge in [0.25, 0.3) is 0 Å². The summed E-state index contributed by atoms with van der Waals surface area (Å²) in [4.78, 5) is 0. The number of benzene rings is 2. The Labute approximate surface area is 132 Å². The van der Waals surface area contributed by atoms with Crippen molar-refractivity contribution in [3.63, 3.8) is 0 Å². The number of rotatable bonds is 3. The van der Waals surface area contributed by atoms with Gasteiger partial charge in [0.15, 0.2) is 0 Å². The normalized spacial score (nSPS) is 12.3. The molecule has 0 aliphatic heterocycles. The highest BCUT2D eigenvalue weighted by Crippen LogP contribution is 2.33. The summed E-state index contributed by atoms with van der Waals surface area (Å²) in [6.07, 6.45) is 0. The molecule has 0 aliphatic rings. The fourth-order valence-electron chi connectivity index (χ4n) is 2.25. The van der Waals surface area contributed by atoms with E-state index in [1.807, 2.05) is 6.92 Å². The summed E-state index contributed by atoms with van der Waals surface area (Å²) in [5.74, 6) is -0.321. The Morgan fingerprint density at radius 2 is 1.90 bits per heavy atom. The number of halogens is 3. The number of hydrogen-bond donors (Lipinski definition) is 1. The zero-order chi connectivity index (χ0) is 14.9. The highest BCUT2D eigenvalue weighted by Gasteiger charge is 2.13. The summed E-state index contributed by atoms with van der Waals surface area (Å²) in [6, 6.07) is 8.65. The molecular weight excluding hydrogens is 341 g/mol. The van der Waals surface area contributed by atoms with Crippen LogP contribution in [0, 0.1) is 19.7 Å². The van der Waals surface area contributed by atoms with Gasteiger partial charge in [0.05, 0.1) is 11.7 Å². The van der Waals surface area contributed by atoms with Gasteiger partial charge in [-0.25, -0.2) is 4.39 Å². The van der Waals surface area contributed by atoms with E-state index in [4.69, 9.17) is 11.6 Å². The van der Waals surface area contributed by atoms with Crippen LogP contribution in [0.2, 0.25) is 5.02 Å². The average molecular weight is 357 g/mol. The van der Waals surface area contributed by atoms with Crippen LogP contribution in [-0.2, 0) is 0 Å². The number of hydrogen-bond acceptors (Lipinski definition) is 1. The number of nitrogens with one attached hydrogen (secondary N) is 1. The van der Waals surface area contributed by atoms with Crippen LogP contribution >= 0.6 is 27.5 Å². The first kappa shape index (κ1) is 15.3. The molecule has 0 radical (unpaired) electrons. The minimum Gasteiger partial charge on any atom is -0.377 e. The van der Waals surface area contributed by atoms with Crippen molar-refractivity contribution in [2.75, 3.05) is 5.32 Å². The van der Waals surface area contributed by atoms with E-state index in [2.05, 4.69) is 47.2 Å². The molecule has 1 atom stereocenters. The van der Waals surface area contributed by atoms with Crippen LogP contribution in [0.1, 0.15) is 29.7 Å². The smallest absolute Gasteiger partial charge is 0.124 e. The van der Waals surface area contributed by atoms with Gasteiger partial charge in [-0.3, -0.25) is 0 Å². The Kier molecular flexibility index (Phi) is 4.71. The molecule has 0 heterocycles. The second-order valence-electron chi connectivity index (χ2n) is 4.97. The SMILES string of the molecule is Cc1cc(C)c(NC(C)c2ccc(F)cc2Cl)c(Br)c1. The molecule has 2 aromatic rings. The molecule has 0 aromatic heterocycles. The lowest BCUT2D eigenvalue weighted by atomic mass is 10.1. The van der Waals surface area contributed by atoms with E-state index < -0.39 is 0 Å². The first-order valence-corrected chi connectivity index (χ1v) is 7.54. The van der Waals surface area contributed by atoms with Crippen molar-refractivity contribution in [1.82, 2.24) is 0 Å². The van der Waals surface area contributed by atoms with Crippen LogP contribution < -0.4 is 5.32 Å². The van der Waals surface area contributed by atoms with Crippen LogP contribution in [0.25, 0.3) is 0 Å². The predicted octanol–water partition coefficient (Wildman–Crippen LogP) is 6.03. The summed E-state index contributed by atoms with van der Waals surface area (Å²) in [5.41, 5.74) is 4.26. The first-order chi connectivity index (χ1) is 9.38. The van der Waals surface area contributed by atoms with E-state index in [1.165, 1.54) is 17.7 Å². The monoisotopic (exact) mass is 355 g/mol. The van der Waals surface area contributed by atoms with Crippen molar-refractivity contribution in [3.05, 3.63) is 62.3 Å². The summed E-state index contributed by atoms with van der Waals surface area (Å²) >= 11 is 9.68. The van der Waals surface area contributed by atoms with Gasteiger partial charge in [-0.2, -0.15) is 0 Å². The topological polar surface area (TPSA) is 12.0 Å². The zero-order valence-corrected chi connectivity index (χ0v) is 13.9. The lowest BCUT2D eigenvalue weighted by molar-refractivity contribution is 0.626. The van der Waals surface area contributed by atoms with Crippen LogP contribution in [0.5, 0.6) is 0 Å². The van der Waals surface area contributed by atoms with Gasteiger partial charge in [-0.05, 0) is 71.6 Å². The van der Waals surface area contributed by atoms with Crippen molar-refractivity contribution in [2.24, 2.45) is 0 Å². The number of aryl methyl sites for hydroxylation is 2. The molecule has 0 saturated carbocycles. The maximum absolute atomic E-state index is 13.1. The molecule has 2 aromatic carbocycles. The largest absolute Gasteiger partial charge is 0.377 e. The maximum atomic E-state index is 13.1. The van der Waals surface area contributed by atoms with Gasteiger partial charge >= 0.3 is 0 Å². The van der Waals surface area contributed by atoms with Gasteiger partial charge in [0.1, 0.15) is 5.82 Å². The van der Waals surface area contributed by atoms with Gasteiger partial charge in [0, 0.05) is 9.50 Å². The predicted molar refractivity (Wildman–Crippen MR) is 87.1 cm³/mol. The quantitative estimate of drug-likeness (QED) is 0.708. The molecule has 0 bridgehead atoms.